The monoisotopic (exact) mass is 304 g/mol. The SMILES string of the molecule is Cc1ccc(CN(C)C2CNC2)cc1Br.Cl. The number of hydrogen-bond acceptors (Lipinski definition) is 2. The molecule has 0 saturated carbocycles. The number of benzene rings is 1. The maximum Gasteiger partial charge on any atom is 0.0345 e. The van der Waals surface area contributed by atoms with Crippen LogP contribution in [0.2, 0.25) is 0 Å². The van der Waals surface area contributed by atoms with Crippen LogP contribution in [0.5, 0.6) is 0 Å². The van der Waals surface area contributed by atoms with Gasteiger partial charge in [0.1, 0.15) is 0 Å². The van der Waals surface area contributed by atoms with Gasteiger partial charge in [0.25, 0.3) is 0 Å². The molecule has 1 aliphatic heterocycles. The number of aryl methyl sites for hydroxylation is 1. The lowest BCUT2D eigenvalue weighted by Crippen LogP contribution is -2.55. The average molecular weight is 306 g/mol. The first-order valence-corrected chi connectivity index (χ1v) is 6.12. The summed E-state index contributed by atoms with van der Waals surface area (Å²) < 4.78 is 1.21. The predicted octanol–water partition coefficient (Wildman–Crippen LogP) is 2.58. The molecule has 16 heavy (non-hydrogen) atoms. The van der Waals surface area contributed by atoms with Crippen LogP contribution in [0.3, 0.4) is 0 Å². The molecule has 0 spiro atoms. The summed E-state index contributed by atoms with van der Waals surface area (Å²) in [4.78, 5) is 2.41. The third-order valence-electron chi connectivity index (χ3n) is 3.05. The van der Waals surface area contributed by atoms with Crippen LogP contribution in [0.25, 0.3) is 0 Å². The Balaban J connectivity index is 0.00000128. The van der Waals surface area contributed by atoms with E-state index >= 15 is 0 Å². The van der Waals surface area contributed by atoms with Crippen LogP contribution < -0.4 is 5.32 Å². The third-order valence-corrected chi connectivity index (χ3v) is 3.91. The standard InChI is InChI=1S/C12H17BrN2.ClH/c1-9-3-4-10(5-12(9)13)8-15(2)11-6-14-7-11;/h3-5,11,14H,6-8H2,1-2H3;1H. The molecule has 2 nitrogen and oxygen atoms in total. The molecule has 1 N–H and O–H groups in total. The number of nitrogens with one attached hydrogen (secondary N) is 1. The zero-order valence-corrected chi connectivity index (χ0v) is 12.1. The van der Waals surface area contributed by atoms with Crippen LogP contribution in [-0.4, -0.2) is 31.1 Å². The second-order valence-electron chi connectivity index (χ2n) is 4.31. The van der Waals surface area contributed by atoms with Gasteiger partial charge in [0.15, 0.2) is 0 Å². The van der Waals surface area contributed by atoms with Crippen LogP contribution >= 0.6 is 28.3 Å². The number of nitrogens with zero attached hydrogens (tertiary/aromatic N) is 1. The Morgan fingerprint density at radius 1 is 1.44 bits per heavy atom. The predicted molar refractivity (Wildman–Crippen MR) is 74.3 cm³/mol. The summed E-state index contributed by atoms with van der Waals surface area (Å²) in [6, 6.07) is 7.32. The summed E-state index contributed by atoms with van der Waals surface area (Å²) in [6.45, 7) is 5.41. The van der Waals surface area contributed by atoms with E-state index in [1.54, 1.807) is 0 Å². The molecule has 4 heteroatoms. The van der Waals surface area contributed by atoms with E-state index in [1.165, 1.54) is 15.6 Å². The molecular formula is C12H18BrClN2. The first kappa shape index (κ1) is 14.0. The van der Waals surface area contributed by atoms with E-state index in [2.05, 4.69) is 58.3 Å². The van der Waals surface area contributed by atoms with Crippen LogP contribution in [0.4, 0.5) is 0 Å². The Morgan fingerprint density at radius 3 is 2.62 bits per heavy atom. The van der Waals surface area contributed by atoms with E-state index in [1.807, 2.05) is 0 Å². The summed E-state index contributed by atoms with van der Waals surface area (Å²) in [5.41, 5.74) is 2.67. The molecule has 0 radical (unpaired) electrons. The van der Waals surface area contributed by atoms with Crippen molar-refractivity contribution in [3.63, 3.8) is 0 Å². The second-order valence-corrected chi connectivity index (χ2v) is 5.17. The fourth-order valence-corrected chi connectivity index (χ4v) is 2.16. The highest BCUT2D eigenvalue weighted by molar-refractivity contribution is 9.10. The Kier molecular flexibility index (Phi) is 5.25. The topological polar surface area (TPSA) is 15.3 Å². The van der Waals surface area contributed by atoms with E-state index in [4.69, 9.17) is 0 Å². The summed E-state index contributed by atoms with van der Waals surface area (Å²) in [6.07, 6.45) is 0. The van der Waals surface area contributed by atoms with Gasteiger partial charge in [-0.2, -0.15) is 0 Å². The molecule has 0 aromatic heterocycles. The summed E-state index contributed by atoms with van der Waals surface area (Å²) in [5.74, 6) is 0. The lowest BCUT2D eigenvalue weighted by atomic mass is 10.1. The van der Waals surface area contributed by atoms with Gasteiger partial charge in [-0.25, -0.2) is 0 Å². The van der Waals surface area contributed by atoms with E-state index < -0.39 is 0 Å². The average Bonchev–Trinajstić information content (AvgIpc) is 2.08. The first-order chi connectivity index (χ1) is 7.16. The van der Waals surface area contributed by atoms with E-state index in [0.29, 0.717) is 6.04 Å². The van der Waals surface area contributed by atoms with Crippen molar-refractivity contribution in [1.82, 2.24) is 10.2 Å². The Labute approximate surface area is 112 Å². The Bertz CT molecular complexity index is 353. The molecule has 0 aliphatic carbocycles. The van der Waals surface area contributed by atoms with Crippen molar-refractivity contribution in [2.75, 3.05) is 20.1 Å². The maximum absolute atomic E-state index is 3.57. The second kappa shape index (κ2) is 6.01. The van der Waals surface area contributed by atoms with Gasteiger partial charge in [0.2, 0.25) is 0 Å². The zero-order valence-electron chi connectivity index (χ0n) is 9.66. The van der Waals surface area contributed by atoms with Gasteiger partial charge in [-0.15, -0.1) is 12.4 Å². The Morgan fingerprint density at radius 2 is 2.12 bits per heavy atom. The first-order valence-electron chi connectivity index (χ1n) is 5.33. The molecule has 0 amide bonds. The fraction of sp³-hybridized carbons (Fsp3) is 0.500. The molecule has 1 fully saturated rings. The van der Waals surface area contributed by atoms with Crippen LogP contribution in [-0.2, 0) is 6.54 Å². The van der Waals surface area contributed by atoms with E-state index in [-0.39, 0.29) is 12.4 Å². The molecule has 2 rings (SSSR count). The minimum absolute atomic E-state index is 0. The van der Waals surface area contributed by atoms with Gasteiger partial charge in [0, 0.05) is 30.1 Å². The van der Waals surface area contributed by atoms with Crippen molar-refractivity contribution in [2.24, 2.45) is 0 Å². The van der Waals surface area contributed by atoms with E-state index in [0.717, 1.165) is 19.6 Å². The van der Waals surface area contributed by atoms with Gasteiger partial charge in [-0.05, 0) is 31.2 Å². The highest BCUT2D eigenvalue weighted by Gasteiger charge is 2.21. The lowest BCUT2D eigenvalue weighted by molar-refractivity contribution is 0.173. The third kappa shape index (κ3) is 3.20. The molecule has 1 aromatic rings. The lowest BCUT2D eigenvalue weighted by Gasteiger charge is -2.35. The molecule has 0 unspecified atom stereocenters. The molecule has 1 aliphatic rings. The molecule has 90 valence electrons. The van der Waals surface area contributed by atoms with Gasteiger partial charge in [-0.3, -0.25) is 4.90 Å². The largest absolute Gasteiger partial charge is 0.314 e. The molecule has 1 aromatic carbocycles. The highest BCUT2D eigenvalue weighted by Crippen LogP contribution is 2.19. The molecule has 1 heterocycles. The molecule has 0 bridgehead atoms. The highest BCUT2D eigenvalue weighted by atomic mass is 79.9. The smallest absolute Gasteiger partial charge is 0.0345 e. The zero-order chi connectivity index (χ0) is 10.8. The van der Waals surface area contributed by atoms with Crippen molar-refractivity contribution < 1.29 is 0 Å². The van der Waals surface area contributed by atoms with Gasteiger partial charge >= 0.3 is 0 Å². The van der Waals surface area contributed by atoms with E-state index in [9.17, 15) is 0 Å². The van der Waals surface area contributed by atoms with Crippen molar-refractivity contribution in [2.45, 2.75) is 19.5 Å². The number of rotatable bonds is 3. The minimum Gasteiger partial charge on any atom is -0.314 e. The quantitative estimate of drug-likeness (QED) is 0.923. The summed E-state index contributed by atoms with van der Waals surface area (Å²) >= 11 is 3.57. The van der Waals surface area contributed by atoms with Crippen molar-refractivity contribution in [3.05, 3.63) is 33.8 Å². The van der Waals surface area contributed by atoms with Crippen LogP contribution in [0.1, 0.15) is 11.1 Å². The van der Waals surface area contributed by atoms with Crippen LogP contribution in [0, 0.1) is 6.92 Å². The van der Waals surface area contributed by atoms with Gasteiger partial charge < -0.3 is 5.32 Å². The van der Waals surface area contributed by atoms with Crippen molar-refractivity contribution >= 4 is 28.3 Å². The Hall–Kier alpha value is -0.0900. The van der Waals surface area contributed by atoms with Crippen LogP contribution in [0.15, 0.2) is 22.7 Å². The molecule has 1 saturated heterocycles. The fourth-order valence-electron chi connectivity index (χ4n) is 1.74. The van der Waals surface area contributed by atoms with Crippen molar-refractivity contribution in [3.8, 4) is 0 Å². The number of halogens is 2. The number of hydrogen-bond donors (Lipinski definition) is 1. The molecule has 0 atom stereocenters. The minimum atomic E-state index is 0. The normalized spacial score (nSPS) is 15.8. The van der Waals surface area contributed by atoms with Gasteiger partial charge in [0.05, 0.1) is 0 Å². The molecular weight excluding hydrogens is 288 g/mol. The van der Waals surface area contributed by atoms with Crippen molar-refractivity contribution in [1.29, 1.82) is 0 Å². The summed E-state index contributed by atoms with van der Waals surface area (Å²) in [5, 5.41) is 3.30. The number of likely N-dealkylation sites (N-methyl/N-ethyl adjacent to an activating group) is 1. The van der Waals surface area contributed by atoms with Gasteiger partial charge in [-0.1, -0.05) is 28.1 Å². The maximum atomic E-state index is 3.57. The summed E-state index contributed by atoms with van der Waals surface area (Å²) in [7, 11) is 2.19.